The Hall–Kier alpha value is -0.630. The molecule has 0 fully saturated rings. The molecule has 0 saturated carbocycles. The maximum Gasteiger partial charge on any atom is 0.330 e. The van der Waals surface area contributed by atoms with Gasteiger partial charge in [-0.2, -0.15) is 8.78 Å². The normalized spacial score (nSPS) is 13.0. The summed E-state index contributed by atoms with van der Waals surface area (Å²) in [7, 11) is 0. The van der Waals surface area contributed by atoms with Crippen molar-refractivity contribution in [1.82, 2.24) is 0 Å². The van der Waals surface area contributed by atoms with Gasteiger partial charge in [0.15, 0.2) is 0 Å². The molecule has 0 radical (unpaired) electrons. The molecule has 0 atom stereocenters. The van der Waals surface area contributed by atoms with Gasteiger partial charge in [0.25, 0.3) is 0 Å². The van der Waals surface area contributed by atoms with Crippen LogP contribution in [0.15, 0.2) is 30.3 Å². The molecule has 13 heavy (non-hydrogen) atoms. The first-order chi connectivity index (χ1) is 5.86. The van der Waals surface area contributed by atoms with Gasteiger partial charge in [-0.3, -0.25) is 0 Å². The van der Waals surface area contributed by atoms with Crippen molar-refractivity contribution in [1.29, 1.82) is 0 Å². The summed E-state index contributed by atoms with van der Waals surface area (Å²) >= 11 is 5.03. The Kier molecular flexibility index (Phi) is 2.62. The van der Waals surface area contributed by atoms with Crippen molar-refractivity contribution in [2.75, 3.05) is 0 Å². The van der Waals surface area contributed by atoms with Crippen molar-refractivity contribution in [3.05, 3.63) is 35.9 Å². The zero-order chi connectivity index (χ0) is 10.1. The van der Waals surface area contributed by atoms with Crippen LogP contribution in [-0.4, -0.2) is 5.38 Å². The summed E-state index contributed by atoms with van der Waals surface area (Å²) in [5, 5.41) is -3.23. The number of hydrogen-bond donors (Lipinski definition) is 0. The minimum Gasteiger partial charge on any atom is -0.187 e. The number of rotatable bonds is 2. The van der Waals surface area contributed by atoms with Crippen LogP contribution < -0.4 is 0 Å². The highest BCUT2D eigenvalue weighted by atomic mass is 35.5. The zero-order valence-electron chi connectivity index (χ0n) is 7.52. The van der Waals surface area contributed by atoms with Crippen molar-refractivity contribution in [2.24, 2.45) is 0 Å². The molecule has 1 aromatic rings. The highest BCUT2D eigenvalue weighted by molar-refractivity contribution is 6.22. The van der Waals surface area contributed by atoms with E-state index in [0.717, 1.165) is 0 Å². The van der Waals surface area contributed by atoms with E-state index in [2.05, 4.69) is 0 Å². The molecule has 0 bridgehead atoms. The van der Waals surface area contributed by atoms with Crippen LogP contribution in [-0.2, 0) is 5.41 Å². The van der Waals surface area contributed by atoms with E-state index >= 15 is 0 Å². The van der Waals surface area contributed by atoms with E-state index in [4.69, 9.17) is 11.6 Å². The van der Waals surface area contributed by atoms with Gasteiger partial charge in [0.1, 0.15) is 0 Å². The maximum atomic E-state index is 13.0. The Bertz CT molecular complexity index is 275. The molecule has 3 heteroatoms. The van der Waals surface area contributed by atoms with E-state index in [1.54, 1.807) is 30.3 Å². The van der Waals surface area contributed by atoms with Gasteiger partial charge in [-0.25, -0.2) is 0 Å². The molecule has 0 N–H and O–H groups in total. The van der Waals surface area contributed by atoms with Gasteiger partial charge in [-0.05, 0) is 31.0 Å². The lowest BCUT2D eigenvalue weighted by Gasteiger charge is -2.29. The number of benzene rings is 1. The van der Waals surface area contributed by atoms with E-state index in [9.17, 15) is 8.78 Å². The zero-order valence-corrected chi connectivity index (χ0v) is 8.28. The summed E-state index contributed by atoms with van der Waals surface area (Å²) in [6.45, 7) is 2.85. The lowest BCUT2D eigenvalue weighted by atomic mass is 9.85. The van der Waals surface area contributed by atoms with Crippen LogP contribution in [0.3, 0.4) is 0 Å². The van der Waals surface area contributed by atoms with E-state index in [1.165, 1.54) is 13.8 Å². The first kappa shape index (κ1) is 10.5. The topological polar surface area (TPSA) is 0 Å². The van der Waals surface area contributed by atoms with Gasteiger partial charge in [0.2, 0.25) is 0 Å². The Balaban J connectivity index is 3.08. The van der Waals surface area contributed by atoms with Crippen LogP contribution in [0, 0.1) is 0 Å². The average molecular weight is 205 g/mol. The highest BCUT2D eigenvalue weighted by Gasteiger charge is 2.45. The van der Waals surface area contributed by atoms with E-state index in [1.807, 2.05) is 0 Å². The predicted octanol–water partition coefficient (Wildman–Crippen LogP) is 3.80. The monoisotopic (exact) mass is 204 g/mol. The number of halogens is 3. The Labute approximate surface area is 81.5 Å². The van der Waals surface area contributed by atoms with Crippen LogP contribution >= 0.6 is 11.6 Å². The van der Waals surface area contributed by atoms with Crippen LogP contribution in [0.2, 0.25) is 0 Å². The molecule has 0 amide bonds. The van der Waals surface area contributed by atoms with Crippen molar-refractivity contribution in [3.63, 3.8) is 0 Å². The van der Waals surface area contributed by atoms with E-state index in [0.29, 0.717) is 5.56 Å². The first-order valence-corrected chi connectivity index (χ1v) is 4.36. The minimum atomic E-state index is -3.23. The average Bonchev–Trinajstić information content (AvgIpc) is 2.04. The third-order valence-corrected chi connectivity index (χ3v) is 2.68. The summed E-state index contributed by atoms with van der Waals surface area (Å²) in [4.78, 5) is 0. The summed E-state index contributed by atoms with van der Waals surface area (Å²) in [5.41, 5.74) is -0.800. The third-order valence-electron chi connectivity index (χ3n) is 2.20. The van der Waals surface area contributed by atoms with E-state index in [-0.39, 0.29) is 0 Å². The molecule has 0 spiro atoms. The molecule has 0 saturated heterocycles. The van der Waals surface area contributed by atoms with Gasteiger partial charge >= 0.3 is 5.38 Å². The Morgan fingerprint density at radius 2 is 1.54 bits per heavy atom. The molecular formula is C10H11ClF2. The number of hydrogen-bond acceptors (Lipinski definition) is 0. The second-order valence-electron chi connectivity index (χ2n) is 3.49. The second-order valence-corrected chi connectivity index (χ2v) is 3.96. The molecule has 0 unspecified atom stereocenters. The van der Waals surface area contributed by atoms with Gasteiger partial charge in [-0.1, -0.05) is 30.3 Å². The highest BCUT2D eigenvalue weighted by Crippen LogP contribution is 2.41. The van der Waals surface area contributed by atoms with Crippen LogP contribution in [0.25, 0.3) is 0 Å². The van der Waals surface area contributed by atoms with Gasteiger partial charge < -0.3 is 0 Å². The summed E-state index contributed by atoms with van der Waals surface area (Å²) in [6.07, 6.45) is 0. The van der Waals surface area contributed by atoms with Crippen LogP contribution in [0.1, 0.15) is 19.4 Å². The lowest BCUT2D eigenvalue weighted by Crippen LogP contribution is -2.35. The van der Waals surface area contributed by atoms with Gasteiger partial charge in [0.05, 0.1) is 5.41 Å². The molecule has 0 aromatic heterocycles. The van der Waals surface area contributed by atoms with Crippen LogP contribution in [0.4, 0.5) is 8.78 Å². The largest absolute Gasteiger partial charge is 0.330 e. The fourth-order valence-corrected chi connectivity index (χ4v) is 1.13. The van der Waals surface area contributed by atoms with Crippen molar-refractivity contribution in [2.45, 2.75) is 24.6 Å². The van der Waals surface area contributed by atoms with Crippen molar-refractivity contribution >= 4 is 11.6 Å². The molecule has 0 aliphatic heterocycles. The summed E-state index contributed by atoms with van der Waals surface area (Å²) in [5.74, 6) is 0. The summed E-state index contributed by atoms with van der Waals surface area (Å²) in [6, 6.07) is 8.53. The van der Waals surface area contributed by atoms with Crippen LogP contribution in [0.5, 0.6) is 0 Å². The molecule has 1 rings (SSSR count). The SMILES string of the molecule is CC(C)(c1ccccc1)C(F)(F)Cl. The smallest absolute Gasteiger partial charge is 0.187 e. The minimum absolute atomic E-state index is 0.537. The molecule has 0 nitrogen and oxygen atoms in total. The number of alkyl halides is 3. The maximum absolute atomic E-state index is 13.0. The summed E-state index contributed by atoms with van der Waals surface area (Å²) < 4.78 is 25.9. The predicted molar refractivity (Wildman–Crippen MR) is 50.3 cm³/mol. The van der Waals surface area contributed by atoms with E-state index < -0.39 is 10.8 Å². The first-order valence-electron chi connectivity index (χ1n) is 3.98. The molecular weight excluding hydrogens is 194 g/mol. The molecule has 0 aliphatic rings. The second kappa shape index (κ2) is 3.26. The molecule has 0 heterocycles. The molecule has 72 valence electrons. The van der Waals surface area contributed by atoms with Gasteiger partial charge in [-0.15, -0.1) is 0 Å². The molecule has 1 aromatic carbocycles. The standard InChI is InChI=1S/C10H11ClF2/c1-9(2,10(11,12)13)8-6-4-3-5-7-8/h3-7H,1-2H3. The fourth-order valence-electron chi connectivity index (χ4n) is 1.02. The quantitative estimate of drug-likeness (QED) is 0.643. The molecule has 0 aliphatic carbocycles. The van der Waals surface area contributed by atoms with Crippen molar-refractivity contribution < 1.29 is 8.78 Å². The third kappa shape index (κ3) is 1.99. The van der Waals surface area contributed by atoms with Gasteiger partial charge in [0, 0.05) is 0 Å². The lowest BCUT2D eigenvalue weighted by molar-refractivity contribution is 0.0209. The van der Waals surface area contributed by atoms with Crippen molar-refractivity contribution in [3.8, 4) is 0 Å². The Morgan fingerprint density at radius 3 is 1.92 bits per heavy atom. The Morgan fingerprint density at radius 1 is 1.08 bits per heavy atom. The fraction of sp³-hybridized carbons (Fsp3) is 0.400.